The highest BCUT2D eigenvalue weighted by atomic mass is 79.9. The summed E-state index contributed by atoms with van der Waals surface area (Å²) in [6, 6.07) is 5.30. The second-order valence-corrected chi connectivity index (χ2v) is 4.18. The second-order valence-electron chi connectivity index (χ2n) is 2.98. The normalized spacial score (nSPS) is 11.2. The molecule has 0 aromatic heterocycles. The first-order valence-corrected chi connectivity index (χ1v) is 5.86. The van der Waals surface area contributed by atoms with Crippen LogP contribution >= 0.6 is 27.5 Å². The largest absolute Gasteiger partial charge is 0.321 e. The minimum atomic E-state index is -0.193. The van der Waals surface area contributed by atoms with Crippen molar-refractivity contribution < 1.29 is 4.79 Å². The van der Waals surface area contributed by atoms with Crippen molar-refractivity contribution in [2.24, 2.45) is 0 Å². The van der Waals surface area contributed by atoms with E-state index in [-0.39, 0.29) is 5.91 Å². The van der Waals surface area contributed by atoms with Crippen LogP contribution in [0.25, 0.3) is 0 Å². The molecule has 0 aliphatic rings. The summed E-state index contributed by atoms with van der Waals surface area (Å²) in [5.41, 5.74) is 0.655. The van der Waals surface area contributed by atoms with Gasteiger partial charge in [0.1, 0.15) is 0 Å². The molecule has 0 radical (unpaired) electrons. The van der Waals surface area contributed by atoms with Gasteiger partial charge in [0, 0.05) is 6.08 Å². The van der Waals surface area contributed by atoms with Crippen LogP contribution in [0.15, 0.2) is 47.0 Å². The first kappa shape index (κ1) is 13.0. The van der Waals surface area contributed by atoms with Crippen LogP contribution in [0, 0.1) is 0 Å². The Balaban J connectivity index is 2.74. The number of anilines is 1. The Morgan fingerprint density at radius 3 is 2.88 bits per heavy atom. The number of benzene rings is 1. The number of nitrogens with one attached hydrogen (secondary N) is 1. The van der Waals surface area contributed by atoms with E-state index in [0.29, 0.717) is 15.2 Å². The number of hydrogen-bond acceptors (Lipinski definition) is 1. The molecule has 4 heteroatoms. The number of carbonyl (C=O) groups excluding carboxylic acids is 1. The number of amides is 1. The molecule has 2 nitrogen and oxygen atoms in total. The van der Waals surface area contributed by atoms with Gasteiger partial charge < -0.3 is 5.32 Å². The number of hydrogen-bond donors (Lipinski definition) is 1. The zero-order valence-corrected chi connectivity index (χ0v) is 11.0. The summed E-state index contributed by atoms with van der Waals surface area (Å²) < 4.78 is 0.685. The first-order valence-electron chi connectivity index (χ1n) is 4.69. The SMILES string of the molecule is CC=CC=CC(=O)Nc1cccc(Cl)c1Br. The third-order valence-electron chi connectivity index (χ3n) is 1.76. The Kier molecular flexibility index (Phi) is 5.29. The molecule has 0 spiro atoms. The van der Waals surface area contributed by atoms with Crippen LogP contribution in [0.4, 0.5) is 5.69 Å². The predicted molar refractivity (Wildman–Crippen MR) is 71.7 cm³/mol. The van der Waals surface area contributed by atoms with Crippen molar-refractivity contribution in [2.75, 3.05) is 5.32 Å². The molecule has 0 aliphatic carbocycles. The maximum Gasteiger partial charge on any atom is 0.248 e. The van der Waals surface area contributed by atoms with Crippen molar-refractivity contribution >= 4 is 39.1 Å². The molecule has 1 amide bonds. The Morgan fingerprint density at radius 2 is 2.19 bits per heavy atom. The number of allylic oxidation sites excluding steroid dienone is 3. The molecule has 0 fully saturated rings. The highest BCUT2D eigenvalue weighted by Gasteiger charge is 2.04. The lowest BCUT2D eigenvalue weighted by Gasteiger charge is -2.05. The third-order valence-corrected chi connectivity index (χ3v) is 3.16. The maximum absolute atomic E-state index is 11.5. The highest BCUT2D eigenvalue weighted by molar-refractivity contribution is 9.10. The first-order chi connectivity index (χ1) is 7.65. The quantitative estimate of drug-likeness (QED) is 0.658. The lowest BCUT2D eigenvalue weighted by Crippen LogP contribution is -2.08. The topological polar surface area (TPSA) is 29.1 Å². The summed E-state index contributed by atoms with van der Waals surface area (Å²) in [5, 5.41) is 3.28. The van der Waals surface area contributed by atoms with E-state index in [9.17, 15) is 4.79 Å². The van der Waals surface area contributed by atoms with E-state index in [2.05, 4.69) is 21.2 Å². The molecule has 0 aliphatic heterocycles. The van der Waals surface area contributed by atoms with Crippen molar-refractivity contribution in [3.8, 4) is 0 Å². The van der Waals surface area contributed by atoms with Crippen molar-refractivity contribution in [2.45, 2.75) is 6.92 Å². The van der Waals surface area contributed by atoms with Gasteiger partial charge in [-0.15, -0.1) is 0 Å². The van der Waals surface area contributed by atoms with Gasteiger partial charge in [-0.05, 0) is 35.0 Å². The third kappa shape index (κ3) is 3.83. The average molecular weight is 301 g/mol. The summed E-state index contributed by atoms with van der Waals surface area (Å²) in [6.07, 6.45) is 6.76. The monoisotopic (exact) mass is 299 g/mol. The van der Waals surface area contributed by atoms with Crippen LogP contribution in [0.1, 0.15) is 6.92 Å². The summed E-state index contributed by atoms with van der Waals surface area (Å²) in [5.74, 6) is -0.193. The Bertz CT molecular complexity index is 441. The van der Waals surface area contributed by atoms with Crippen molar-refractivity contribution in [3.05, 3.63) is 52.0 Å². The van der Waals surface area contributed by atoms with Gasteiger partial charge in [0.2, 0.25) is 5.91 Å². The van der Waals surface area contributed by atoms with Crippen LogP contribution in [0.5, 0.6) is 0 Å². The zero-order chi connectivity index (χ0) is 12.0. The van der Waals surface area contributed by atoms with Gasteiger partial charge >= 0.3 is 0 Å². The maximum atomic E-state index is 11.5. The van der Waals surface area contributed by atoms with Gasteiger partial charge in [-0.3, -0.25) is 4.79 Å². The lowest BCUT2D eigenvalue weighted by atomic mass is 10.3. The molecule has 0 saturated heterocycles. The van der Waals surface area contributed by atoms with Crippen molar-refractivity contribution in [1.29, 1.82) is 0 Å². The van der Waals surface area contributed by atoms with E-state index in [1.54, 1.807) is 30.4 Å². The molecule has 0 bridgehead atoms. The predicted octanol–water partition coefficient (Wildman–Crippen LogP) is 4.17. The number of halogens is 2. The zero-order valence-electron chi connectivity index (χ0n) is 8.71. The van der Waals surface area contributed by atoms with Gasteiger partial charge in [0.05, 0.1) is 15.2 Å². The van der Waals surface area contributed by atoms with Crippen molar-refractivity contribution in [3.63, 3.8) is 0 Å². The highest BCUT2D eigenvalue weighted by Crippen LogP contribution is 2.29. The minimum absolute atomic E-state index is 0.193. The van der Waals surface area contributed by atoms with E-state index in [4.69, 9.17) is 11.6 Å². The molecule has 0 saturated carbocycles. The molecule has 0 heterocycles. The fraction of sp³-hybridized carbons (Fsp3) is 0.0833. The van der Waals surface area contributed by atoms with Crippen molar-refractivity contribution in [1.82, 2.24) is 0 Å². The molecule has 1 aromatic rings. The minimum Gasteiger partial charge on any atom is -0.321 e. The number of carbonyl (C=O) groups is 1. The fourth-order valence-corrected chi connectivity index (χ4v) is 1.57. The summed E-state index contributed by atoms with van der Waals surface area (Å²) in [6.45, 7) is 1.88. The molecule has 1 aromatic carbocycles. The Morgan fingerprint density at radius 1 is 1.44 bits per heavy atom. The molecule has 1 rings (SSSR count). The number of rotatable bonds is 3. The van der Waals surface area contributed by atoms with E-state index in [0.717, 1.165) is 0 Å². The van der Waals surface area contributed by atoms with E-state index in [1.165, 1.54) is 6.08 Å². The van der Waals surface area contributed by atoms with Gasteiger partial charge in [-0.1, -0.05) is 35.9 Å². The Labute approximate surface area is 108 Å². The molecular formula is C12H11BrClNO. The smallest absolute Gasteiger partial charge is 0.248 e. The molecule has 0 unspecified atom stereocenters. The van der Waals surface area contributed by atoms with Crippen LogP contribution < -0.4 is 5.32 Å². The Hall–Kier alpha value is -1.06. The van der Waals surface area contributed by atoms with Crippen LogP contribution in [-0.4, -0.2) is 5.91 Å². The van der Waals surface area contributed by atoms with Gasteiger partial charge in [0.15, 0.2) is 0 Å². The van der Waals surface area contributed by atoms with Crippen LogP contribution in [0.2, 0.25) is 5.02 Å². The van der Waals surface area contributed by atoms with Crippen LogP contribution in [0.3, 0.4) is 0 Å². The van der Waals surface area contributed by atoms with E-state index >= 15 is 0 Å². The standard InChI is InChI=1S/C12H11BrClNO/c1-2-3-4-8-11(16)15-10-7-5-6-9(14)12(10)13/h2-8H,1H3,(H,15,16). The molecule has 0 atom stereocenters. The molecule has 84 valence electrons. The van der Waals surface area contributed by atoms with Gasteiger partial charge in [-0.2, -0.15) is 0 Å². The summed E-state index contributed by atoms with van der Waals surface area (Å²) in [4.78, 5) is 11.5. The van der Waals surface area contributed by atoms with Gasteiger partial charge in [0.25, 0.3) is 0 Å². The van der Waals surface area contributed by atoms with E-state index in [1.807, 2.05) is 13.0 Å². The average Bonchev–Trinajstić information content (AvgIpc) is 2.25. The fourth-order valence-electron chi connectivity index (χ4n) is 1.03. The summed E-state index contributed by atoms with van der Waals surface area (Å²) in [7, 11) is 0. The summed E-state index contributed by atoms with van der Waals surface area (Å²) >= 11 is 9.20. The van der Waals surface area contributed by atoms with Gasteiger partial charge in [-0.25, -0.2) is 0 Å². The second kappa shape index (κ2) is 6.51. The van der Waals surface area contributed by atoms with Crippen LogP contribution in [-0.2, 0) is 4.79 Å². The molecular weight excluding hydrogens is 289 g/mol. The molecule has 1 N–H and O–H groups in total. The van der Waals surface area contributed by atoms with E-state index < -0.39 is 0 Å². The molecule has 16 heavy (non-hydrogen) atoms. The lowest BCUT2D eigenvalue weighted by molar-refractivity contribution is -0.111.